The van der Waals surface area contributed by atoms with E-state index in [-0.39, 0.29) is 24.6 Å². The average Bonchev–Trinajstić information content (AvgIpc) is 3.45. The van der Waals surface area contributed by atoms with Crippen molar-refractivity contribution in [3.05, 3.63) is 54.7 Å². The Morgan fingerprint density at radius 1 is 0.978 bits per heavy atom. The van der Waals surface area contributed by atoms with Gasteiger partial charge in [-0.3, -0.25) is 19.7 Å². The number of nitrogens with one attached hydrogen (secondary N) is 3. The highest BCUT2D eigenvalue weighted by atomic mass is 127. The molecule has 0 radical (unpaired) electrons. The zero-order valence-corrected chi connectivity index (χ0v) is 28.1. The van der Waals surface area contributed by atoms with E-state index in [4.69, 9.17) is 0 Å². The smallest absolute Gasteiger partial charge is 0.506 e. The van der Waals surface area contributed by atoms with Gasteiger partial charge in [0.25, 0.3) is 5.91 Å². The molecule has 0 bridgehead atoms. The van der Waals surface area contributed by atoms with E-state index < -0.39 is 59.6 Å². The van der Waals surface area contributed by atoms with E-state index in [0.29, 0.717) is 32.0 Å². The van der Waals surface area contributed by atoms with E-state index in [9.17, 15) is 45.8 Å². The van der Waals surface area contributed by atoms with Crippen molar-refractivity contribution in [3.8, 4) is 11.5 Å². The van der Waals surface area contributed by atoms with Gasteiger partial charge in [0.05, 0.1) is 19.2 Å². The third-order valence-electron chi connectivity index (χ3n) is 7.10. The van der Waals surface area contributed by atoms with Crippen LogP contribution in [0.3, 0.4) is 0 Å². The second-order valence-corrected chi connectivity index (χ2v) is 12.9. The van der Waals surface area contributed by atoms with Gasteiger partial charge in [-0.2, -0.15) is 13.2 Å². The number of Topliss-reactive ketones (excluding diaryl/α,β-unsaturated/α-hetero) is 1. The molecule has 0 aromatic heterocycles. The first-order valence-electron chi connectivity index (χ1n) is 14.0. The molecule has 45 heavy (non-hydrogen) atoms. The summed E-state index contributed by atoms with van der Waals surface area (Å²) in [5.41, 5.74) is -0.122. The van der Waals surface area contributed by atoms with Gasteiger partial charge in [-0.15, -0.1) is 13.2 Å². The SMILES string of the molecule is CCC[C@H](NC(=O)[C@H](Cc1cc(I)c(O)c(I)c1)N[C@@H](c1ccc(OC(F)(F)F)cc1)C(F)(F)F)C(=O)C(=O)NC1CCCC1. The minimum Gasteiger partial charge on any atom is -0.506 e. The number of aromatic hydroxyl groups is 1. The van der Waals surface area contributed by atoms with Crippen LogP contribution in [-0.2, 0) is 20.8 Å². The first kappa shape index (κ1) is 37.1. The molecule has 0 heterocycles. The number of rotatable bonds is 13. The molecule has 1 aliphatic carbocycles. The van der Waals surface area contributed by atoms with Crippen LogP contribution < -0.4 is 20.7 Å². The Hall–Kier alpha value is -2.35. The van der Waals surface area contributed by atoms with Gasteiger partial charge in [0.15, 0.2) is 0 Å². The van der Waals surface area contributed by atoms with Crippen molar-refractivity contribution in [1.29, 1.82) is 0 Å². The summed E-state index contributed by atoms with van der Waals surface area (Å²) in [6.07, 6.45) is -6.75. The number of phenolic OH excluding ortho intramolecular Hbond substituents is 1. The lowest BCUT2D eigenvalue weighted by atomic mass is 9.99. The maximum atomic E-state index is 14.4. The molecular weight excluding hydrogens is 838 g/mol. The third kappa shape index (κ3) is 11.1. The first-order chi connectivity index (χ1) is 21.0. The summed E-state index contributed by atoms with van der Waals surface area (Å²) in [7, 11) is 0. The quantitative estimate of drug-likeness (QED) is 0.108. The van der Waals surface area contributed by atoms with Gasteiger partial charge in [0.2, 0.25) is 11.7 Å². The van der Waals surface area contributed by atoms with Gasteiger partial charge in [0.1, 0.15) is 17.5 Å². The van der Waals surface area contributed by atoms with E-state index in [2.05, 4.69) is 20.7 Å². The molecule has 3 rings (SSSR count). The van der Waals surface area contributed by atoms with E-state index in [0.717, 1.165) is 37.1 Å². The van der Waals surface area contributed by atoms with Crippen LogP contribution in [0.15, 0.2) is 36.4 Å². The molecule has 2 aromatic carbocycles. The fourth-order valence-electron chi connectivity index (χ4n) is 4.96. The highest BCUT2D eigenvalue weighted by Crippen LogP contribution is 2.35. The average molecular weight is 869 g/mol. The predicted molar refractivity (Wildman–Crippen MR) is 168 cm³/mol. The van der Waals surface area contributed by atoms with Gasteiger partial charge < -0.3 is 20.5 Å². The van der Waals surface area contributed by atoms with Crippen molar-refractivity contribution in [3.63, 3.8) is 0 Å². The Morgan fingerprint density at radius 3 is 2.07 bits per heavy atom. The fourth-order valence-corrected chi connectivity index (χ4v) is 6.85. The molecule has 8 nitrogen and oxygen atoms in total. The predicted octanol–water partition coefficient (Wildman–Crippen LogP) is 6.22. The number of phenols is 1. The number of alkyl halides is 6. The zero-order chi connectivity index (χ0) is 33.5. The molecule has 2 amide bonds. The minimum absolute atomic E-state index is 0.0494. The van der Waals surface area contributed by atoms with Crippen molar-refractivity contribution < 1.29 is 50.6 Å². The number of ketones is 1. The second-order valence-electron chi connectivity index (χ2n) is 10.6. The largest absolute Gasteiger partial charge is 0.573 e. The summed E-state index contributed by atoms with van der Waals surface area (Å²) in [4.78, 5) is 39.4. The summed E-state index contributed by atoms with van der Waals surface area (Å²) in [6, 6.07) is 0.368. The standard InChI is InChI=1S/C29H31F6I2N3O5/c1-2-5-21(24(42)27(44)38-17-6-3-4-7-17)40-26(43)22(14-15-12-19(36)23(41)20(37)13-15)39-25(28(30,31)32)16-8-10-18(11-9-16)45-29(33,34)35/h8-13,17,21-22,25,39,41H,2-7,14H2,1H3,(H,38,44)(H,40,43)/t21-,22-,25-/m0/s1. The lowest BCUT2D eigenvalue weighted by Gasteiger charge is -2.29. The maximum absolute atomic E-state index is 14.4. The van der Waals surface area contributed by atoms with Crippen molar-refractivity contribution in [2.24, 2.45) is 0 Å². The molecule has 4 N–H and O–H groups in total. The number of carbonyl (C=O) groups is 3. The number of halogens is 8. The number of amides is 2. The van der Waals surface area contributed by atoms with Gasteiger partial charge in [0, 0.05) is 6.04 Å². The molecule has 1 fully saturated rings. The molecular formula is C29H31F6I2N3O5. The van der Waals surface area contributed by atoms with Crippen LogP contribution in [0, 0.1) is 7.14 Å². The van der Waals surface area contributed by atoms with Crippen LogP contribution in [0.4, 0.5) is 26.3 Å². The molecule has 3 atom stereocenters. The van der Waals surface area contributed by atoms with Gasteiger partial charge in [-0.25, -0.2) is 0 Å². The summed E-state index contributed by atoms with van der Waals surface area (Å²) in [5, 5.41) is 17.5. The number of carbonyl (C=O) groups excluding carboxylic acids is 3. The van der Waals surface area contributed by atoms with Crippen LogP contribution in [0.5, 0.6) is 11.5 Å². The Labute approximate surface area is 282 Å². The molecule has 2 aromatic rings. The summed E-state index contributed by atoms with van der Waals surface area (Å²) < 4.78 is 85.4. The van der Waals surface area contributed by atoms with E-state index in [1.54, 1.807) is 6.92 Å². The van der Waals surface area contributed by atoms with Crippen LogP contribution in [0.25, 0.3) is 0 Å². The third-order valence-corrected chi connectivity index (χ3v) is 8.74. The van der Waals surface area contributed by atoms with Crippen molar-refractivity contribution in [2.45, 2.75) is 88.6 Å². The van der Waals surface area contributed by atoms with Crippen molar-refractivity contribution in [1.82, 2.24) is 16.0 Å². The van der Waals surface area contributed by atoms with E-state index in [1.807, 2.05) is 45.2 Å². The normalized spacial score (nSPS) is 16.1. The lowest BCUT2D eigenvalue weighted by Crippen LogP contribution is -2.55. The fraction of sp³-hybridized carbons (Fsp3) is 0.483. The Bertz CT molecular complexity index is 1330. The van der Waals surface area contributed by atoms with Crippen LogP contribution >= 0.6 is 45.2 Å². The van der Waals surface area contributed by atoms with E-state index >= 15 is 0 Å². The molecule has 0 unspecified atom stereocenters. The van der Waals surface area contributed by atoms with Gasteiger partial charge in [-0.1, -0.05) is 38.3 Å². The van der Waals surface area contributed by atoms with Crippen LogP contribution in [-0.4, -0.2) is 53.4 Å². The summed E-state index contributed by atoms with van der Waals surface area (Å²) in [5.74, 6) is -3.59. The minimum atomic E-state index is -5.05. The second kappa shape index (κ2) is 16.0. The monoisotopic (exact) mass is 869 g/mol. The van der Waals surface area contributed by atoms with Crippen molar-refractivity contribution >= 4 is 62.8 Å². The topological polar surface area (TPSA) is 117 Å². The first-order valence-corrected chi connectivity index (χ1v) is 16.1. The maximum Gasteiger partial charge on any atom is 0.573 e. The van der Waals surface area contributed by atoms with E-state index in [1.165, 1.54) is 12.1 Å². The lowest BCUT2D eigenvalue weighted by molar-refractivity contribution is -0.274. The van der Waals surface area contributed by atoms with Crippen LogP contribution in [0.2, 0.25) is 0 Å². The molecule has 0 spiro atoms. The van der Waals surface area contributed by atoms with Crippen molar-refractivity contribution in [2.75, 3.05) is 0 Å². The zero-order valence-electron chi connectivity index (χ0n) is 23.8. The number of hydrogen-bond acceptors (Lipinski definition) is 6. The highest BCUT2D eigenvalue weighted by Gasteiger charge is 2.43. The number of ether oxygens (including phenoxy) is 1. The summed E-state index contributed by atoms with van der Waals surface area (Å²) in [6.45, 7) is 1.71. The highest BCUT2D eigenvalue weighted by molar-refractivity contribution is 14.1. The Kier molecular flexibility index (Phi) is 13.2. The number of benzene rings is 2. The molecule has 248 valence electrons. The Balaban J connectivity index is 1.92. The Morgan fingerprint density at radius 2 is 1.56 bits per heavy atom. The molecule has 1 saturated carbocycles. The van der Waals surface area contributed by atoms with Gasteiger partial charge in [-0.05, 0) is 106 Å². The van der Waals surface area contributed by atoms with Crippen LogP contribution in [0.1, 0.15) is 62.6 Å². The molecule has 0 aliphatic heterocycles. The molecule has 0 saturated heterocycles. The molecule has 16 heteroatoms. The summed E-state index contributed by atoms with van der Waals surface area (Å²) >= 11 is 3.66. The molecule has 1 aliphatic rings. The number of hydrogen-bond donors (Lipinski definition) is 4. The van der Waals surface area contributed by atoms with Gasteiger partial charge >= 0.3 is 12.5 Å².